The van der Waals surface area contributed by atoms with Gasteiger partial charge in [0.25, 0.3) is 0 Å². The lowest BCUT2D eigenvalue weighted by molar-refractivity contribution is 0.00333. The van der Waals surface area contributed by atoms with Gasteiger partial charge in [0.1, 0.15) is 17.6 Å². The van der Waals surface area contributed by atoms with Crippen LogP contribution in [0.4, 0.5) is 5.82 Å². The molecule has 1 unspecified atom stereocenters. The van der Waals surface area contributed by atoms with Crippen LogP contribution in [0.2, 0.25) is 5.15 Å². The first-order valence-electron chi connectivity index (χ1n) is 5.72. The molecule has 1 atom stereocenters. The van der Waals surface area contributed by atoms with Gasteiger partial charge in [0.05, 0.1) is 19.3 Å². The molecule has 1 N–H and O–H groups in total. The number of aliphatic hydroxyl groups is 1. The Morgan fingerprint density at radius 1 is 1.61 bits per heavy atom. The van der Waals surface area contributed by atoms with Crippen LogP contribution in [0, 0.1) is 0 Å². The summed E-state index contributed by atoms with van der Waals surface area (Å²) in [5.41, 5.74) is 0. The number of ether oxygens (including phenoxy) is 2. The topological polar surface area (TPSA) is 67.7 Å². The monoisotopic (exact) mass is 273 g/mol. The first-order chi connectivity index (χ1) is 8.72. The largest absolute Gasteiger partial charge is 0.394 e. The van der Waals surface area contributed by atoms with Crippen molar-refractivity contribution >= 4 is 17.4 Å². The lowest BCUT2D eigenvalue weighted by Gasteiger charge is -2.32. The van der Waals surface area contributed by atoms with Gasteiger partial charge in [-0.2, -0.15) is 0 Å². The fraction of sp³-hybridized carbons (Fsp3) is 0.636. The normalized spacial score (nSPS) is 20.2. The van der Waals surface area contributed by atoms with E-state index in [0.717, 1.165) is 12.4 Å². The number of nitrogens with zero attached hydrogens (tertiary/aromatic N) is 3. The second-order valence-corrected chi connectivity index (χ2v) is 4.41. The van der Waals surface area contributed by atoms with Crippen LogP contribution in [-0.2, 0) is 16.1 Å². The van der Waals surface area contributed by atoms with Crippen LogP contribution < -0.4 is 4.90 Å². The molecule has 1 aliphatic rings. The maximum atomic E-state index is 9.12. The van der Waals surface area contributed by atoms with Crippen molar-refractivity contribution in [2.75, 3.05) is 38.3 Å². The van der Waals surface area contributed by atoms with E-state index < -0.39 is 0 Å². The Morgan fingerprint density at radius 2 is 2.44 bits per heavy atom. The molecule has 1 fully saturated rings. The van der Waals surface area contributed by atoms with Gasteiger partial charge >= 0.3 is 0 Å². The maximum Gasteiger partial charge on any atom is 0.158 e. The summed E-state index contributed by atoms with van der Waals surface area (Å²) in [5, 5.41) is 9.51. The van der Waals surface area contributed by atoms with E-state index >= 15 is 0 Å². The predicted octanol–water partition coefficient (Wildman–Crippen LogP) is 0.474. The molecule has 0 bridgehead atoms. The SMILES string of the molecule is COCc1nc(Cl)cc(N2CCOC(CO)C2)n1. The third-order valence-corrected chi connectivity index (χ3v) is 2.86. The number of hydrogen-bond donors (Lipinski definition) is 1. The number of aliphatic hydroxyl groups excluding tert-OH is 1. The van der Waals surface area contributed by atoms with Crippen molar-refractivity contribution in [3.05, 3.63) is 17.0 Å². The molecule has 1 aromatic rings. The molecule has 0 saturated carbocycles. The van der Waals surface area contributed by atoms with Gasteiger partial charge in [0.15, 0.2) is 5.82 Å². The number of methoxy groups -OCH3 is 1. The summed E-state index contributed by atoms with van der Waals surface area (Å²) in [6.45, 7) is 2.20. The zero-order chi connectivity index (χ0) is 13.0. The summed E-state index contributed by atoms with van der Waals surface area (Å²) in [7, 11) is 1.58. The Morgan fingerprint density at radius 3 is 3.17 bits per heavy atom. The van der Waals surface area contributed by atoms with Crippen molar-refractivity contribution in [3.8, 4) is 0 Å². The van der Waals surface area contributed by atoms with E-state index in [2.05, 4.69) is 9.97 Å². The highest BCUT2D eigenvalue weighted by molar-refractivity contribution is 6.29. The van der Waals surface area contributed by atoms with Crippen molar-refractivity contribution in [3.63, 3.8) is 0 Å². The number of morpholine rings is 1. The first-order valence-corrected chi connectivity index (χ1v) is 6.10. The van der Waals surface area contributed by atoms with Crippen molar-refractivity contribution in [2.45, 2.75) is 12.7 Å². The smallest absolute Gasteiger partial charge is 0.158 e. The number of anilines is 1. The molecule has 0 aromatic carbocycles. The third kappa shape index (κ3) is 3.29. The van der Waals surface area contributed by atoms with Crippen LogP contribution in [0.25, 0.3) is 0 Å². The molecular weight excluding hydrogens is 258 g/mol. The summed E-state index contributed by atoms with van der Waals surface area (Å²) >= 11 is 5.96. The average molecular weight is 274 g/mol. The Balaban J connectivity index is 2.16. The number of aromatic nitrogens is 2. The summed E-state index contributed by atoms with van der Waals surface area (Å²) < 4.78 is 10.4. The zero-order valence-electron chi connectivity index (χ0n) is 10.2. The minimum atomic E-state index is -0.182. The summed E-state index contributed by atoms with van der Waals surface area (Å²) in [6.07, 6.45) is -0.182. The number of hydrogen-bond acceptors (Lipinski definition) is 6. The quantitative estimate of drug-likeness (QED) is 0.805. The molecule has 1 aliphatic heterocycles. The van der Waals surface area contributed by atoms with Gasteiger partial charge < -0.3 is 19.5 Å². The summed E-state index contributed by atoms with van der Waals surface area (Å²) in [5.74, 6) is 1.29. The van der Waals surface area contributed by atoms with Crippen molar-refractivity contribution < 1.29 is 14.6 Å². The number of rotatable bonds is 4. The van der Waals surface area contributed by atoms with Gasteiger partial charge in [-0.05, 0) is 0 Å². The number of halogens is 1. The lowest BCUT2D eigenvalue weighted by Crippen LogP contribution is -2.44. The average Bonchev–Trinajstić information content (AvgIpc) is 2.38. The molecule has 0 radical (unpaired) electrons. The van der Waals surface area contributed by atoms with E-state index in [4.69, 9.17) is 26.2 Å². The Bertz CT molecular complexity index is 405. The molecule has 2 rings (SSSR count). The second-order valence-electron chi connectivity index (χ2n) is 4.02. The molecule has 0 amide bonds. The molecule has 1 saturated heterocycles. The standard InChI is InChI=1S/C11H16ClN3O3/c1-17-7-10-13-9(12)4-11(14-10)15-2-3-18-8(5-15)6-16/h4,8,16H,2-3,5-7H2,1H3. The van der Waals surface area contributed by atoms with Crippen LogP contribution in [0.3, 0.4) is 0 Å². The fourth-order valence-corrected chi connectivity index (χ4v) is 2.04. The Hall–Kier alpha value is -0.950. The molecule has 2 heterocycles. The van der Waals surface area contributed by atoms with Gasteiger partial charge in [0.2, 0.25) is 0 Å². The zero-order valence-corrected chi connectivity index (χ0v) is 10.9. The molecular formula is C11H16ClN3O3. The predicted molar refractivity (Wildman–Crippen MR) is 66.8 cm³/mol. The Kier molecular flexibility index (Phi) is 4.71. The van der Waals surface area contributed by atoms with Gasteiger partial charge in [-0.3, -0.25) is 0 Å². The molecule has 18 heavy (non-hydrogen) atoms. The van der Waals surface area contributed by atoms with E-state index in [0.29, 0.717) is 30.7 Å². The van der Waals surface area contributed by atoms with Crippen molar-refractivity contribution in [1.82, 2.24) is 9.97 Å². The highest BCUT2D eigenvalue weighted by Gasteiger charge is 2.21. The van der Waals surface area contributed by atoms with Crippen LogP contribution in [0.1, 0.15) is 5.82 Å². The van der Waals surface area contributed by atoms with Crippen LogP contribution >= 0.6 is 11.6 Å². The maximum absolute atomic E-state index is 9.12. The molecule has 1 aromatic heterocycles. The second kappa shape index (κ2) is 6.29. The minimum absolute atomic E-state index is 0.000242. The van der Waals surface area contributed by atoms with E-state index in [-0.39, 0.29) is 12.7 Å². The summed E-state index contributed by atoms with van der Waals surface area (Å²) in [4.78, 5) is 10.5. The molecule has 0 spiro atoms. The van der Waals surface area contributed by atoms with E-state index in [9.17, 15) is 0 Å². The lowest BCUT2D eigenvalue weighted by atomic mass is 10.3. The summed E-state index contributed by atoms with van der Waals surface area (Å²) in [6, 6.07) is 1.71. The van der Waals surface area contributed by atoms with E-state index in [1.807, 2.05) is 4.90 Å². The highest BCUT2D eigenvalue weighted by atomic mass is 35.5. The minimum Gasteiger partial charge on any atom is -0.394 e. The van der Waals surface area contributed by atoms with E-state index in [1.54, 1.807) is 13.2 Å². The molecule has 100 valence electrons. The highest BCUT2D eigenvalue weighted by Crippen LogP contribution is 2.19. The van der Waals surface area contributed by atoms with Gasteiger partial charge in [-0.15, -0.1) is 0 Å². The molecule has 6 nitrogen and oxygen atoms in total. The first kappa shape index (κ1) is 13.5. The molecule has 0 aliphatic carbocycles. The fourth-order valence-electron chi connectivity index (χ4n) is 1.85. The van der Waals surface area contributed by atoms with Crippen molar-refractivity contribution in [1.29, 1.82) is 0 Å². The van der Waals surface area contributed by atoms with Gasteiger partial charge in [-0.25, -0.2) is 9.97 Å². The van der Waals surface area contributed by atoms with E-state index in [1.165, 1.54) is 0 Å². The van der Waals surface area contributed by atoms with Crippen LogP contribution in [0.15, 0.2) is 6.07 Å². The van der Waals surface area contributed by atoms with Crippen molar-refractivity contribution in [2.24, 2.45) is 0 Å². The third-order valence-electron chi connectivity index (χ3n) is 2.67. The molecule has 7 heteroatoms. The van der Waals surface area contributed by atoms with Gasteiger partial charge in [-0.1, -0.05) is 11.6 Å². The van der Waals surface area contributed by atoms with Crippen LogP contribution in [0.5, 0.6) is 0 Å². The van der Waals surface area contributed by atoms with Gasteiger partial charge in [0, 0.05) is 26.3 Å². The Labute approximate surface area is 111 Å². The van der Waals surface area contributed by atoms with Crippen LogP contribution in [-0.4, -0.2) is 54.6 Å².